The number of halogens is 1. The first kappa shape index (κ1) is 16.5. The van der Waals surface area contributed by atoms with Crippen LogP contribution in [0.5, 0.6) is 0 Å². The Hall–Kier alpha value is -0.540. The second kappa shape index (κ2) is 9.38. The van der Waals surface area contributed by atoms with Crippen molar-refractivity contribution in [3.8, 4) is 0 Å². The van der Waals surface area contributed by atoms with Gasteiger partial charge in [0.25, 0.3) is 0 Å². The normalized spacial score (nSPS) is 12.8. The maximum absolute atomic E-state index is 6.23. The van der Waals surface area contributed by atoms with Crippen LogP contribution in [0.3, 0.4) is 0 Å². The summed E-state index contributed by atoms with van der Waals surface area (Å²) < 4.78 is 1.90. The Morgan fingerprint density at radius 3 is 2.47 bits per heavy atom. The highest BCUT2D eigenvalue weighted by Crippen LogP contribution is 2.26. The highest BCUT2D eigenvalue weighted by atomic mass is 35.5. The van der Waals surface area contributed by atoms with E-state index in [9.17, 15) is 0 Å². The van der Waals surface area contributed by atoms with Crippen molar-refractivity contribution in [2.45, 2.75) is 64.8 Å². The van der Waals surface area contributed by atoms with Crippen LogP contribution in [0.15, 0.2) is 6.20 Å². The third-order valence-corrected chi connectivity index (χ3v) is 3.86. The molecule has 1 heterocycles. The van der Waals surface area contributed by atoms with Crippen LogP contribution in [0.25, 0.3) is 0 Å². The molecule has 110 valence electrons. The average molecular weight is 286 g/mol. The lowest BCUT2D eigenvalue weighted by atomic mass is 10.0. The van der Waals surface area contributed by atoms with Crippen molar-refractivity contribution in [3.63, 3.8) is 0 Å². The van der Waals surface area contributed by atoms with Crippen LogP contribution < -0.4 is 5.32 Å². The van der Waals surface area contributed by atoms with E-state index in [4.69, 9.17) is 11.6 Å². The molecule has 0 saturated heterocycles. The topological polar surface area (TPSA) is 29.9 Å². The van der Waals surface area contributed by atoms with Gasteiger partial charge in [0.2, 0.25) is 0 Å². The fraction of sp³-hybridized carbons (Fsp3) is 0.800. The van der Waals surface area contributed by atoms with Crippen molar-refractivity contribution in [2.24, 2.45) is 7.05 Å². The van der Waals surface area contributed by atoms with E-state index >= 15 is 0 Å². The van der Waals surface area contributed by atoms with Crippen LogP contribution in [0, 0.1) is 0 Å². The number of aromatic nitrogens is 2. The summed E-state index contributed by atoms with van der Waals surface area (Å²) in [7, 11) is 1.97. The maximum Gasteiger partial charge on any atom is 0.0833 e. The van der Waals surface area contributed by atoms with Gasteiger partial charge >= 0.3 is 0 Å². The molecule has 0 amide bonds. The van der Waals surface area contributed by atoms with Gasteiger partial charge in [-0.05, 0) is 13.0 Å². The first-order valence-electron chi connectivity index (χ1n) is 7.61. The minimum absolute atomic E-state index is 0.330. The second-order valence-corrected chi connectivity index (χ2v) is 5.58. The predicted octanol–water partition coefficient (Wildman–Crippen LogP) is 4.47. The summed E-state index contributed by atoms with van der Waals surface area (Å²) in [5.74, 6) is 0. The van der Waals surface area contributed by atoms with Gasteiger partial charge < -0.3 is 5.32 Å². The van der Waals surface area contributed by atoms with Gasteiger partial charge in [0, 0.05) is 7.05 Å². The molecule has 0 aliphatic heterocycles. The smallest absolute Gasteiger partial charge is 0.0833 e. The van der Waals surface area contributed by atoms with E-state index < -0.39 is 0 Å². The Balaban J connectivity index is 2.41. The van der Waals surface area contributed by atoms with Crippen molar-refractivity contribution in [2.75, 3.05) is 6.54 Å². The summed E-state index contributed by atoms with van der Waals surface area (Å²) in [6.07, 6.45) is 10.8. The number of unbranched alkanes of at least 4 members (excludes halogenated alkanes) is 5. The molecule has 0 bridgehead atoms. The number of aryl methyl sites for hydroxylation is 1. The van der Waals surface area contributed by atoms with Crippen molar-refractivity contribution in [1.29, 1.82) is 0 Å². The quantitative estimate of drug-likeness (QED) is 0.643. The van der Waals surface area contributed by atoms with Gasteiger partial charge in [-0.3, -0.25) is 4.68 Å². The highest BCUT2D eigenvalue weighted by molar-refractivity contribution is 6.31. The van der Waals surface area contributed by atoms with Gasteiger partial charge in [-0.2, -0.15) is 5.10 Å². The molecule has 1 atom stereocenters. The average Bonchev–Trinajstić information content (AvgIpc) is 2.72. The fourth-order valence-electron chi connectivity index (χ4n) is 2.52. The summed E-state index contributed by atoms with van der Waals surface area (Å²) in [6, 6.07) is 0.330. The van der Waals surface area contributed by atoms with E-state index in [0.29, 0.717) is 6.04 Å². The van der Waals surface area contributed by atoms with Gasteiger partial charge in [0.15, 0.2) is 0 Å². The molecule has 0 spiro atoms. The highest BCUT2D eigenvalue weighted by Gasteiger charge is 2.17. The van der Waals surface area contributed by atoms with Gasteiger partial charge in [-0.15, -0.1) is 0 Å². The lowest BCUT2D eigenvalue weighted by molar-refractivity contribution is 0.452. The van der Waals surface area contributed by atoms with E-state index in [2.05, 4.69) is 24.3 Å². The molecule has 1 aromatic rings. The van der Waals surface area contributed by atoms with E-state index in [1.165, 1.54) is 38.5 Å². The molecule has 0 aromatic carbocycles. The molecule has 0 aliphatic carbocycles. The molecule has 0 aliphatic rings. The first-order valence-corrected chi connectivity index (χ1v) is 7.99. The minimum Gasteiger partial charge on any atom is -0.309 e. The van der Waals surface area contributed by atoms with Crippen molar-refractivity contribution < 1.29 is 0 Å². The van der Waals surface area contributed by atoms with Crippen molar-refractivity contribution >= 4 is 11.6 Å². The van der Waals surface area contributed by atoms with Crippen LogP contribution in [-0.2, 0) is 7.05 Å². The minimum atomic E-state index is 0.330. The molecule has 1 rings (SSSR count). The summed E-state index contributed by atoms with van der Waals surface area (Å²) in [5.41, 5.74) is 1.12. The molecule has 0 saturated carbocycles. The molecule has 1 unspecified atom stereocenters. The summed E-state index contributed by atoms with van der Waals surface area (Å²) in [5, 5.41) is 8.53. The third kappa shape index (κ3) is 5.53. The number of hydrogen-bond donors (Lipinski definition) is 1. The molecule has 4 heteroatoms. The standard InChI is InChI=1S/C15H28ClN3/c1-4-6-7-8-9-10-11-14(17-5-2)15-13(16)12-18-19(15)3/h12,14,17H,4-11H2,1-3H3. The number of nitrogens with zero attached hydrogens (tertiary/aromatic N) is 2. The zero-order valence-corrected chi connectivity index (χ0v) is 13.3. The van der Waals surface area contributed by atoms with E-state index in [0.717, 1.165) is 23.7 Å². The predicted molar refractivity (Wildman–Crippen MR) is 82.6 cm³/mol. The third-order valence-electron chi connectivity index (χ3n) is 3.56. The van der Waals surface area contributed by atoms with E-state index in [1.54, 1.807) is 6.20 Å². The Bertz CT molecular complexity index is 330. The zero-order valence-electron chi connectivity index (χ0n) is 12.6. The van der Waals surface area contributed by atoms with Crippen LogP contribution in [0.1, 0.15) is 70.5 Å². The summed E-state index contributed by atoms with van der Waals surface area (Å²) in [4.78, 5) is 0. The fourth-order valence-corrected chi connectivity index (χ4v) is 2.82. The first-order chi connectivity index (χ1) is 9.20. The second-order valence-electron chi connectivity index (χ2n) is 5.17. The van der Waals surface area contributed by atoms with Crippen LogP contribution in [0.4, 0.5) is 0 Å². The number of nitrogens with one attached hydrogen (secondary N) is 1. The number of rotatable bonds is 10. The van der Waals surface area contributed by atoms with Gasteiger partial charge in [0.1, 0.15) is 0 Å². The Labute approximate surface area is 122 Å². The van der Waals surface area contributed by atoms with E-state index in [1.807, 2.05) is 11.7 Å². The lowest BCUT2D eigenvalue weighted by Crippen LogP contribution is -2.23. The van der Waals surface area contributed by atoms with Crippen LogP contribution >= 0.6 is 11.6 Å². The van der Waals surface area contributed by atoms with E-state index in [-0.39, 0.29) is 0 Å². The lowest BCUT2D eigenvalue weighted by Gasteiger charge is -2.18. The van der Waals surface area contributed by atoms with Gasteiger partial charge in [0.05, 0.1) is 23.0 Å². The Morgan fingerprint density at radius 2 is 1.89 bits per heavy atom. The van der Waals surface area contributed by atoms with Crippen molar-refractivity contribution in [3.05, 3.63) is 16.9 Å². The Kier molecular flexibility index (Phi) is 8.15. The largest absolute Gasteiger partial charge is 0.309 e. The monoisotopic (exact) mass is 285 g/mol. The molecule has 0 radical (unpaired) electrons. The molecule has 1 N–H and O–H groups in total. The molecule has 0 fully saturated rings. The molecule has 19 heavy (non-hydrogen) atoms. The molecular weight excluding hydrogens is 258 g/mol. The maximum atomic E-state index is 6.23. The summed E-state index contributed by atoms with van der Waals surface area (Å²) in [6.45, 7) is 5.35. The summed E-state index contributed by atoms with van der Waals surface area (Å²) >= 11 is 6.23. The van der Waals surface area contributed by atoms with Crippen molar-refractivity contribution in [1.82, 2.24) is 15.1 Å². The van der Waals surface area contributed by atoms with Gasteiger partial charge in [-0.25, -0.2) is 0 Å². The molecule has 3 nitrogen and oxygen atoms in total. The number of hydrogen-bond acceptors (Lipinski definition) is 2. The van der Waals surface area contributed by atoms with Crippen LogP contribution in [0.2, 0.25) is 5.02 Å². The molecular formula is C15H28ClN3. The zero-order chi connectivity index (χ0) is 14.1. The SMILES string of the molecule is CCCCCCCCC(NCC)c1c(Cl)cnn1C. The Morgan fingerprint density at radius 1 is 1.21 bits per heavy atom. The molecule has 1 aromatic heterocycles. The van der Waals surface area contributed by atoms with Crippen LogP contribution in [-0.4, -0.2) is 16.3 Å². The van der Waals surface area contributed by atoms with Gasteiger partial charge in [-0.1, -0.05) is 64.0 Å².